The van der Waals surface area contributed by atoms with E-state index >= 15 is 0 Å². The van der Waals surface area contributed by atoms with E-state index in [0.29, 0.717) is 57.4 Å². The highest BCUT2D eigenvalue weighted by atomic mass is 32.2. The van der Waals surface area contributed by atoms with Gasteiger partial charge in [0.1, 0.15) is 23.6 Å². The first-order valence-corrected chi connectivity index (χ1v) is 18.5. The molecule has 6 rings (SSSR count). The molecule has 0 spiro atoms. The number of phenols is 6. The first kappa shape index (κ1) is 35.4. The molecule has 2 aliphatic heterocycles. The van der Waals surface area contributed by atoms with E-state index < -0.39 is 23.6 Å². The van der Waals surface area contributed by atoms with Crippen molar-refractivity contribution < 1.29 is 40.2 Å². The molecule has 0 aromatic heterocycles. The van der Waals surface area contributed by atoms with E-state index in [4.69, 9.17) is 0 Å². The lowest BCUT2D eigenvalue weighted by atomic mass is 9.83. The Morgan fingerprint density at radius 1 is 0.620 bits per heavy atom. The molecule has 2 fully saturated rings. The Kier molecular flexibility index (Phi) is 9.47. The van der Waals surface area contributed by atoms with Gasteiger partial charge in [-0.25, -0.2) is 0 Å². The highest BCUT2D eigenvalue weighted by molar-refractivity contribution is 8.14. The molecule has 4 aromatic carbocycles. The van der Waals surface area contributed by atoms with E-state index in [2.05, 4.69) is 9.98 Å². The first-order valence-electron chi connectivity index (χ1n) is 16.5. The Bertz CT molecular complexity index is 2020. The van der Waals surface area contributed by atoms with Crippen molar-refractivity contribution in [1.82, 2.24) is 0 Å². The third-order valence-electron chi connectivity index (χ3n) is 9.57. The second-order valence-corrected chi connectivity index (χ2v) is 15.7. The molecule has 2 heterocycles. The largest absolute Gasteiger partial charge is 0.507 e. The summed E-state index contributed by atoms with van der Waals surface area (Å²) in [6.45, 7) is 10.9. The van der Waals surface area contributed by atoms with Crippen LogP contribution in [0.5, 0.6) is 34.5 Å². The molecule has 262 valence electrons. The highest BCUT2D eigenvalue weighted by Gasteiger charge is 2.31. The summed E-state index contributed by atoms with van der Waals surface area (Å²) in [5.74, 6) is -1.56. The molecule has 6 N–H and O–H groups in total. The van der Waals surface area contributed by atoms with Gasteiger partial charge in [0.05, 0.1) is 0 Å². The van der Waals surface area contributed by atoms with Crippen molar-refractivity contribution in [2.45, 2.75) is 78.3 Å². The van der Waals surface area contributed by atoms with Crippen molar-refractivity contribution in [3.63, 3.8) is 0 Å². The van der Waals surface area contributed by atoms with Crippen LogP contribution in [0.1, 0.15) is 85.8 Å². The van der Waals surface area contributed by atoms with Crippen LogP contribution >= 0.6 is 23.5 Å². The van der Waals surface area contributed by atoms with Crippen molar-refractivity contribution in [3.8, 4) is 45.6 Å². The van der Waals surface area contributed by atoms with Crippen LogP contribution in [0, 0.1) is 13.8 Å². The maximum absolute atomic E-state index is 12.4. The number of phenolic OH excluding ortho intramolecular Hbond substituents is 6. The number of fused-ring (bicyclic) bond motifs is 2. The predicted octanol–water partition coefficient (Wildman–Crippen LogP) is 7.66. The lowest BCUT2D eigenvalue weighted by Gasteiger charge is -2.23. The molecule has 0 saturated carbocycles. The summed E-state index contributed by atoms with van der Waals surface area (Å²) in [6, 6.07) is 2.29. The maximum Gasteiger partial charge on any atom is 0.213 e. The Hall–Kier alpha value is -4.42. The average molecular weight is 717 g/mol. The lowest BCUT2D eigenvalue weighted by Crippen LogP contribution is -2.09. The number of nitrogens with zero attached hydrogens (tertiary/aromatic N) is 2. The third kappa shape index (κ3) is 5.72. The molecule has 2 saturated heterocycles. The number of aryl methyl sites for hydroxylation is 2. The number of carbonyl (C=O) groups excluding carboxylic acids is 2. The van der Waals surface area contributed by atoms with Crippen LogP contribution in [0.2, 0.25) is 0 Å². The molecule has 2 unspecified atom stereocenters. The summed E-state index contributed by atoms with van der Waals surface area (Å²) in [6.07, 6.45) is 3.67. The molecular formula is C38H40N2O8S2. The third-order valence-corrected chi connectivity index (χ3v) is 11.6. The fourth-order valence-electron chi connectivity index (χ4n) is 7.19. The van der Waals surface area contributed by atoms with Gasteiger partial charge in [0.2, 0.25) is 10.2 Å². The number of benzene rings is 4. The van der Waals surface area contributed by atoms with Gasteiger partial charge in [-0.2, -0.15) is 0 Å². The second kappa shape index (κ2) is 13.4. The van der Waals surface area contributed by atoms with Crippen molar-refractivity contribution in [2.75, 3.05) is 11.5 Å². The highest BCUT2D eigenvalue weighted by Crippen LogP contribution is 2.54. The van der Waals surface area contributed by atoms with Gasteiger partial charge in [-0.05, 0) is 60.4 Å². The maximum atomic E-state index is 12.4. The van der Waals surface area contributed by atoms with Gasteiger partial charge < -0.3 is 30.6 Å². The minimum Gasteiger partial charge on any atom is -0.507 e. The molecule has 0 bridgehead atoms. The number of carbonyl (C=O) groups is 2. The van der Waals surface area contributed by atoms with Gasteiger partial charge in [0.25, 0.3) is 0 Å². The van der Waals surface area contributed by atoms with E-state index in [-0.39, 0.29) is 78.1 Å². The number of thioether (sulfide) groups is 2. The fraction of sp³-hybridized carbons (Fsp3) is 0.368. The molecule has 4 aromatic rings. The monoisotopic (exact) mass is 716 g/mol. The number of rotatable bonds is 7. The van der Waals surface area contributed by atoms with Gasteiger partial charge in [0, 0.05) is 68.1 Å². The quantitative estimate of drug-likeness (QED) is 0.0821. The number of aliphatic imine (C=N–C) groups is 2. The molecule has 12 heteroatoms. The SMILES string of the molecule is Cc1cc2c(C(C)C)c(O)c(O)c(C=NC3CCSC3=O)c2c(O)c1-c1c(C)cc2c(C(C)C)c(O)c(O)c(C=NC3CCSC3=O)c2c1O. The second-order valence-electron chi connectivity index (χ2n) is 13.5. The van der Waals surface area contributed by atoms with Crippen LogP contribution in [-0.4, -0.2) is 76.9 Å². The molecule has 2 aliphatic rings. The van der Waals surface area contributed by atoms with Crippen LogP contribution in [0.3, 0.4) is 0 Å². The van der Waals surface area contributed by atoms with Crippen molar-refractivity contribution in [2.24, 2.45) is 9.98 Å². The van der Waals surface area contributed by atoms with E-state index in [0.717, 1.165) is 0 Å². The minimum absolute atomic E-state index is 0.0277. The predicted molar refractivity (Wildman–Crippen MR) is 201 cm³/mol. The standard InChI is InChI=1S/C38H40N2O8S2/c1-15(2)25-19-11-17(5)27(33(43)29(19)21(31(41)35(25)45)13-39-23-7-9-49-37(23)47)28-18(6)12-20-26(16(3)4)36(46)32(42)22(30(20)34(28)44)14-40-24-8-10-50-38(24)48/h11-16,23-24,41-46H,7-10H2,1-6H3. The summed E-state index contributed by atoms with van der Waals surface area (Å²) in [5, 5.41) is 70.6. The van der Waals surface area contributed by atoms with E-state index in [1.54, 1.807) is 26.0 Å². The van der Waals surface area contributed by atoms with Crippen LogP contribution < -0.4 is 0 Å². The van der Waals surface area contributed by atoms with Crippen LogP contribution in [0.4, 0.5) is 0 Å². The zero-order chi connectivity index (χ0) is 36.3. The molecule has 10 nitrogen and oxygen atoms in total. The Balaban J connectivity index is 1.70. The van der Waals surface area contributed by atoms with Gasteiger partial charge in [-0.15, -0.1) is 0 Å². The fourth-order valence-corrected chi connectivity index (χ4v) is 9.02. The van der Waals surface area contributed by atoms with E-state index in [9.17, 15) is 40.2 Å². The van der Waals surface area contributed by atoms with Crippen LogP contribution in [0.25, 0.3) is 32.7 Å². The minimum atomic E-state index is -0.627. The first-order chi connectivity index (χ1) is 23.6. The molecule has 50 heavy (non-hydrogen) atoms. The molecule has 2 atom stereocenters. The summed E-state index contributed by atoms with van der Waals surface area (Å²) in [4.78, 5) is 33.6. The molecule has 0 amide bonds. The molecule has 0 aliphatic carbocycles. The van der Waals surface area contributed by atoms with Gasteiger partial charge in [-0.3, -0.25) is 19.6 Å². The van der Waals surface area contributed by atoms with Crippen molar-refractivity contribution >= 4 is 67.7 Å². The molecule has 0 radical (unpaired) electrons. The van der Waals surface area contributed by atoms with Crippen molar-refractivity contribution in [3.05, 3.63) is 45.5 Å². The number of hydrogen-bond acceptors (Lipinski definition) is 12. The molecular weight excluding hydrogens is 677 g/mol. The number of aromatic hydroxyl groups is 6. The zero-order valence-electron chi connectivity index (χ0n) is 28.7. The summed E-state index contributed by atoms with van der Waals surface area (Å²) in [5.41, 5.74) is 2.43. The normalized spacial score (nSPS) is 18.5. The Morgan fingerprint density at radius 2 is 0.980 bits per heavy atom. The summed E-state index contributed by atoms with van der Waals surface area (Å²) in [7, 11) is 0. The average Bonchev–Trinajstić information content (AvgIpc) is 3.65. The summed E-state index contributed by atoms with van der Waals surface area (Å²) >= 11 is 2.36. The lowest BCUT2D eigenvalue weighted by molar-refractivity contribution is -0.112. The Labute approximate surface area is 298 Å². The Morgan fingerprint density at radius 3 is 1.28 bits per heavy atom. The smallest absolute Gasteiger partial charge is 0.213 e. The van der Waals surface area contributed by atoms with E-state index in [1.165, 1.54) is 36.0 Å². The van der Waals surface area contributed by atoms with Gasteiger partial charge in [-0.1, -0.05) is 63.4 Å². The van der Waals surface area contributed by atoms with Gasteiger partial charge >= 0.3 is 0 Å². The van der Waals surface area contributed by atoms with Crippen molar-refractivity contribution in [1.29, 1.82) is 0 Å². The van der Waals surface area contributed by atoms with E-state index in [1.807, 2.05) is 27.7 Å². The van der Waals surface area contributed by atoms with Gasteiger partial charge in [0.15, 0.2) is 23.0 Å². The van der Waals surface area contributed by atoms with Crippen LogP contribution in [-0.2, 0) is 9.59 Å². The van der Waals surface area contributed by atoms with Crippen LogP contribution in [0.15, 0.2) is 22.1 Å². The zero-order valence-corrected chi connectivity index (χ0v) is 30.3. The summed E-state index contributed by atoms with van der Waals surface area (Å²) < 4.78 is 0. The topological polar surface area (TPSA) is 180 Å². The number of hydrogen-bond donors (Lipinski definition) is 6.